The molecule has 0 bridgehead atoms. The Bertz CT molecular complexity index is 437. The van der Waals surface area contributed by atoms with E-state index in [4.69, 9.17) is 15.6 Å². The van der Waals surface area contributed by atoms with Crippen molar-refractivity contribution in [2.24, 2.45) is 0 Å². The van der Waals surface area contributed by atoms with Crippen molar-refractivity contribution in [2.75, 3.05) is 18.6 Å². The fourth-order valence-electron chi connectivity index (χ4n) is 2.30. The van der Waals surface area contributed by atoms with Crippen molar-refractivity contribution < 1.29 is 14.6 Å². The maximum absolute atomic E-state index is 10.6. The highest BCUT2D eigenvalue weighted by Gasteiger charge is 2.32. The second-order valence-corrected chi connectivity index (χ2v) is 5.11. The first-order chi connectivity index (χ1) is 8.63. The molecule has 1 aromatic rings. The van der Waals surface area contributed by atoms with Crippen molar-refractivity contribution in [3.63, 3.8) is 0 Å². The lowest BCUT2D eigenvalue weighted by atomic mass is 10.2. The number of anilines is 1. The highest BCUT2D eigenvalue weighted by atomic mass is 32.2. The Labute approximate surface area is 109 Å². The van der Waals surface area contributed by atoms with Gasteiger partial charge in [-0.15, -0.1) is 10.2 Å². The molecule has 1 aliphatic rings. The number of hydrogen-bond donors (Lipinski definition) is 2. The molecule has 1 saturated carbocycles. The van der Waals surface area contributed by atoms with E-state index in [1.165, 1.54) is 0 Å². The summed E-state index contributed by atoms with van der Waals surface area (Å²) in [5.41, 5.74) is 5.82. The number of nitrogens with two attached hydrogens (primary N) is 1. The van der Waals surface area contributed by atoms with Gasteiger partial charge in [-0.1, -0.05) is 11.8 Å². The fourth-order valence-corrected chi connectivity index (χ4v) is 3.02. The zero-order valence-electron chi connectivity index (χ0n) is 10.1. The molecule has 0 amide bonds. The van der Waals surface area contributed by atoms with Gasteiger partial charge in [0.25, 0.3) is 0 Å². The van der Waals surface area contributed by atoms with Gasteiger partial charge in [-0.3, -0.25) is 9.36 Å². The molecule has 2 rings (SSSR count). The van der Waals surface area contributed by atoms with Crippen LogP contribution in [0.4, 0.5) is 5.95 Å². The molecule has 2 unspecified atom stereocenters. The molecular weight excluding hydrogens is 256 g/mol. The third-order valence-electron chi connectivity index (χ3n) is 3.07. The topological polar surface area (TPSA) is 103 Å². The van der Waals surface area contributed by atoms with Crippen LogP contribution in [-0.4, -0.2) is 44.8 Å². The van der Waals surface area contributed by atoms with Gasteiger partial charge >= 0.3 is 5.97 Å². The van der Waals surface area contributed by atoms with Crippen LogP contribution in [0, 0.1) is 0 Å². The van der Waals surface area contributed by atoms with Crippen LogP contribution in [0.5, 0.6) is 0 Å². The molecule has 0 spiro atoms. The van der Waals surface area contributed by atoms with E-state index in [-0.39, 0.29) is 17.9 Å². The van der Waals surface area contributed by atoms with Gasteiger partial charge in [0.15, 0.2) is 5.16 Å². The van der Waals surface area contributed by atoms with Crippen molar-refractivity contribution >= 4 is 23.7 Å². The Balaban J connectivity index is 2.20. The molecule has 7 nitrogen and oxygen atoms in total. The average molecular weight is 272 g/mol. The number of methoxy groups -OCH3 is 1. The molecule has 0 radical (unpaired) electrons. The molecule has 0 aromatic carbocycles. The number of aromatic nitrogens is 3. The van der Waals surface area contributed by atoms with Gasteiger partial charge in [-0.2, -0.15) is 0 Å². The Morgan fingerprint density at radius 2 is 2.39 bits per heavy atom. The van der Waals surface area contributed by atoms with E-state index in [0.29, 0.717) is 11.1 Å². The Kier molecular flexibility index (Phi) is 4.07. The summed E-state index contributed by atoms with van der Waals surface area (Å²) in [6.45, 7) is 0. The maximum atomic E-state index is 10.6. The minimum absolute atomic E-state index is 0.0531. The molecule has 1 aliphatic carbocycles. The van der Waals surface area contributed by atoms with Crippen LogP contribution in [-0.2, 0) is 9.53 Å². The first kappa shape index (κ1) is 13.2. The van der Waals surface area contributed by atoms with Gasteiger partial charge in [0, 0.05) is 7.11 Å². The van der Waals surface area contributed by atoms with Crippen LogP contribution in [0.3, 0.4) is 0 Å². The van der Waals surface area contributed by atoms with Crippen molar-refractivity contribution in [3.05, 3.63) is 0 Å². The number of hydrogen-bond acceptors (Lipinski definition) is 6. The minimum Gasteiger partial charge on any atom is -0.481 e. The number of nitrogen functional groups attached to an aromatic ring is 1. The number of nitrogens with zero attached hydrogens (tertiary/aromatic N) is 3. The van der Waals surface area contributed by atoms with E-state index >= 15 is 0 Å². The molecule has 18 heavy (non-hydrogen) atoms. The van der Waals surface area contributed by atoms with Gasteiger partial charge in [-0.25, -0.2) is 0 Å². The van der Waals surface area contributed by atoms with Crippen molar-refractivity contribution in [1.82, 2.24) is 14.8 Å². The standard InChI is InChI=1S/C10H16N4O3S/c1-17-7-4-2-3-6(7)14-9(11)12-13-10(14)18-5-8(15)16/h6-7H,2-5H2,1H3,(H2,11,12)(H,15,16). The summed E-state index contributed by atoms with van der Waals surface area (Å²) >= 11 is 1.13. The van der Waals surface area contributed by atoms with Crippen molar-refractivity contribution in [3.8, 4) is 0 Å². The molecule has 2 atom stereocenters. The largest absolute Gasteiger partial charge is 0.481 e. The summed E-state index contributed by atoms with van der Waals surface area (Å²) in [5, 5.41) is 17.0. The van der Waals surface area contributed by atoms with Crippen molar-refractivity contribution in [2.45, 2.75) is 36.6 Å². The van der Waals surface area contributed by atoms with Gasteiger partial charge < -0.3 is 15.6 Å². The van der Waals surface area contributed by atoms with Gasteiger partial charge in [0.2, 0.25) is 5.95 Å². The summed E-state index contributed by atoms with van der Waals surface area (Å²) < 4.78 is 7.23. The summed E-state index contributed by atoms with van der Waals surface area (Å²) in [6.07, 6.45) is 3.07. The predicted octanol–water partition coefficient (Wildman–Crippen LogP) is 0.777. The van der Waals surface area contributed by atoms with Gasteiger partial charge in [-0.05, 0) is 19.3 Å². The number of carbonyl (C=O) groups is 1. The van der Waals surface area contributed by atoms with Crippen LogP contribution < -0.4 is 5.73 Å². The number of thioether (sulfide) groups is 1. The van der Waals surface area contributed by atoms with Crippen LogP contribution >= 0.6 is 11.8 Å². The molecule has 8 heteroatoms. The molecule has 0 aliphatic heterocycles. The lowest BCUT2D eigenvalue weighted by molar-refractivity contribution is -0.133. The lowest BCUT2D eigenvalue weighted by Crippen LogP contribution is -2.22. The summed E-state index contributed by atoms with van der Waals surface area (Å²) in [5.74, 6) is -0.623. The summed E-state index contributed by atoms with van der Waals surface area (Å²) in [7, 11) is 1.67. The number of carboxylic acid groups (broad SMARTS) is 1. The van der Waals surface area contributed by atoms with Gasteiger partial charge in [0.1, 0.15) is 0 Å². The van der Waals surface area contributed by atoms with E-state index < -0.39 is 5.97 Å². The van der Waals surface area contributed by atoms with E-state index in [1.807, 2.05) is 0 Å². The summed E-state index contributed by atoms with van der Waals surface area (Å²) in [4.78, 5) is 10.6. The van der Waals surface area contributed by atoms with Gasteiger partial charge in [0.05, 0.1) is 17.9 Å². The number of carboxylic acids is 1. The minimum atomic E-state index is -0.886. The number of ether oxygens (including phenoxy) is 1. The van der Waals surface area contributed by atoms with Crippen LogP contribution in [0.1, 0.15) is 25.3 Å². The monoisotopic (exact) mass is 272 g/mol. The molecule has 0 saturated heterocycles. The molecule has 1 aromatic heterocycles. The Morgan fingerprint density at radius 1 is 1.61 bits per heavy atom. The Hall–Kier alpha value is -1.28. The van der Waals surface area contributed by atoms with Crippen molar-refractivity contribution in [1.29, 1.82) is 0 Å². The first-order valence-corrected chi connectivity index (χ1v) is 6.69. The van der Waals surface area contributed by atoms with E-state index in [9.17, 15) is 4.79 Å². The molecule has 1 heterocycles. The SMILES string of the molecule is COC1CCCC1n1c(N)nnc1SCC(=O)O. The first-order valence-electron chi connectivity index (χ1n) is 5.71. The van der Waals surface area contributed by atoms with E-state index in [0.717, 1.165) is 31.0 Å². The Morgan fingerprint density at radius 3 is 3.06 bits per heavy atom. The number of aliphatic carboxylic acids is 1. The molecule has 3 N–H and O–H groups in total. The third kappa shape index (κ3) is 2.59. The number of rotatable bonds is 5. The van der Waals surface area contributed by atoms with E-state index in [1.54, 1.807) is 11.7 Å². The molecule has 100 valence electrons. The highest BCUT2D eigenvalue weighted by molar-refractivity contribution is 7.99. The predicted molar refractivity (Wildman–Crippen MR) is 66.5 cm³/mol. The zero-order valence-corrected chi connectivity index (χ0v) is 10.9. The van der Waals surface area contributed by atoms with Crippen LogP contribution in [0.15, 0.2) is 5.16 Å². The summed E-state index contributed by atoms with van der Waals surface area (Å²) in [6, 6.07) is 0.0984. The van der Waals surface area contributed by atoms with Crippen LogP contribution in [0.25, 0.3) is 0 Å². The smallest absolute Gasteiger partial charge is 0.313 e. The molecule has 1 fully saturated rings. The zero-order chi connectivity index (χ0) is 13.1. The fraction of sp³-hybridized carbons (Fsp3) is 0.700. The quantitative estimate of drug-likeness (QED) is 0.763. The molecular formula is C10H16N4O3S. The average Bonchev–Trinajstić information content (AvgIpc) is 2.92. The second-order valence-electron chi connectivity index (χ2n) is 4.17. The third-order valence-corrected chi connectivity index (χ3v) is 4.00. The highest BCUT2D eigenvalue weighted by Crippen LogP contribution is 2.36. The maximum Gasteiger partial charge on any atom is 0.313 e. The van der Waals surface area contributed by atoms with E-state index in [2.05, 4.69) is 10.2 Å². The lowest BCUT2D eigenvalue weighted by Gasteiger charge is -2.21. The van der Waals surface area contributed by atoms with Crippen LogP contribution in [0.2, 0.25) is 0 Å². The normalized spacial score (nSPS) is 23.4. The second kappa shape index (κ2) is 5.57.